The monoisotopic (exact) mass is 374 g/mol. The molecular formula is C22H19FN4O. The molecule has 2 aromatic carbocycles. The standard InChI is InChI=1S/C22H19FN4O/c23-18-7-5-16(6-8-18)15-27-20-4-2-1-3-19(20)26-21(27)11-14-25-22(28)17-9-12-24-13-10-17/h1-10,12-13H,11,14-15H2,(H,25,28). The van der Waals surface area contributed by atoms with E-state index in [1.165, 1.54) is 12.1 Å². The Bertz CT molecular complexity index is 1090. The van der Waals surface area contributed by atoms with Crippen LogP contribution in [0.2, 0.25) is 0 Å². The van der Waals surface area contributed by atoms with E-state index in [4.69, 9.17) is 4.98 Å². The Hall–Kier alpha value is -3.54. The highest BCUT2D eigenvalue weighted by atomic mass is 19.1. The second-order valence-corrected chi connectivity index (χ2v) is 6.47. The van der Waals surface area contributed by atoms with Gasteiger partial charge in [-0.2, -0.15) is 0 Å². The van der Waals surface area contributed by atoms with E-state index in [-0.39, 0.29) is 11.7 Å². The highest BCUT2D eigenvalue weighted by Gasteiger charge is 2.12. The van der Waals surface area contributed by atoms with Gasteiger partial charge in [-0.1, -0.05) is 24.3 Å². The third kappa shape index (κ3) is 3.91. The molecule has 0 saturated heterocycles. The first-order valence-corrected chi connectivity index (χ1v) is 9.07. The molecule has 0 radical (unpaired) electrons. The SMILES string of the molecule is O=C(NCCc1nc2ccccc2n1Cc1ccc(F)cc1)c1ccncc1. The number of aromatic nitrogens is 3. The maximum atomic E-state index is 13.2. The lowest BCUT2D eigenvalue weighted by Crippen LogP contribution is -2.26. The number of halogens is 1. The van der Waals surface area contributed by atoms with Crippen molar-refractivity contribution in [3.8, 4) is 0 Å². The van der Waals surface area contributed by atoms with Gasteiger partial charge in [0.2, 0.25) is 0 Å². The Morgan fingerprint density at radius 1 is 1.00 bits per heavy atom. The van der Waals surface area contributed by atoms with E-state index >= 15 is 0 Å². The summed E-state index contributed by atoms with van der Waals surface area (Å²) in [7, 11) is 0. The van der Waals surface area contributed by atoms with Crippen LogP contribution in [-0.4, -0.2) is 27.0 Å². The van der Waals surface area contributed by atoms with Gasteiger partial charge in [0.1, 0.15) is 11.6 Å². The van der Waals surface area contributed by atoms with Gasteiger partial charge in [0, 0.05) is 37.5 Å². The summed E-state index contributed by atoms with van der Waals surface area (Å²) in [5.74, 6) is 0.488. The highest BCUT2D eigenvalue weighted by Crippen LogP contribution is 2.18. The average Bonchev–Trinajstić information content (AvgIpc) is 3.07. The molecule has 0 aliphatic carbocycles. The van der Waals surface area contributed by atoms with Gasteiger partial charge in [-0.15, -0.1) is 0 Å². The molecule has 6 heteroatoms. The molecule has 0 bridgehead atoms. The number of benzene rings is 2. The van der Waals surface area contributed by atoms with Crippen molar-refractivity contribution < 1.29 is 9.18 Å². The Morgan fingerprint density at radius 2 is 1.75 bits per heavy atom. The van der Waals surface area contributed by atoms with Gasteiger partial charge >= 0.3 is 0 Å². The molecule has 4 aromatic rings. The number of carbonyl (C=O) groups is 1. The number of fused-ring (bicyclic) bond motifs is 1. The number of amides is 1. The molecule has 0 unspecified atom stereocenters. The maximum Gasteiger partial charge on any atom is 0.251 e. The van der Waals surface area contributed by atoms with Crippen LogP contribution in [0.15, 0.2) is 73.1 Å². The van der Waals surface area contributed by atoms with E-state index in [0.29, 0.717) is 25.1 Å². The van der Waals surface area contributed by atoms with Crippen molar-refractivity contribution in [2.75, 3.05) is 6.54 Å². The molecule has 0 spiro atoms. The number of imidazole rings is 1. The van der Waals surface area contributed by atoms with Crippen LogP contribution in [0.3, 0.4) is 0 Å². The van der Waals surface area contributed by atoms with Gasteiger partial charge in [-0.05, 0) is 42.0 Å². The van der Waals surface area contributed by atoms with E-state index in [1.54, 1.807) is 36.7 Å². The zero-order valence-electron chi connectivity index (χ0n) is 15.2. The normalized spacial score (nSPS) is 10.9. The number of para-hydroxylation sites is 2. The van der Waals surface area contributed by atoms with Crippen LogP contribution < -0.4 is 5.32 Å². The van der Waals surface area contributed by atoms with Crippen LogP contribution in [0.4, 0.5) is 4.39 Å². The van der Waals surface area contributed by atoms with Crippen LogP contribution in [-0.2, 0) is 13.0 Å². The Labute approximate surface area is 161 Å². The lowest BCUT2D eigenvalue weighted by Gasteiger charge is -2.10. The maximum absolute atomic E-state index is 13.2. The second kappa shape index (κ2) is 8.00. The minimum absolute atomic E-state index is 0.136. The number of nitrogens with one attached hydrogen (secondary N) is 1. The third-order valence-electron chi connectivity index (χ3n) is 4.56. The summed E-state index contributed by atoms with van der Waals surface area (Å²) in [4.78, 5) is 20.9. The Morgan fingerprint density at radius 3 is 2.54 bits per heavy atom. The molecule has 0 atom stereocenters. The van der Waals surface area contributed by atoms with Gasteiger partial charge in [-0.25, -0.2) is 9.37 Å². The summed E-state index contributed by atoms with van der Waals surface area (Å²) in [6.45, 7) is 1.06. The minimum atomic E-state index is -0.252. The topological polar surface area (TPSA) is 59.8 Å². The van der Waals surface area contributed by atoms with Gasteiger partial charge in [0.25, 0.3) is 5.91 Å². The predicted octanol–water partition coefficient (Wildman–Crippen LogP) is 3.59. The number of rotatable bonds is 6. The van der Waals surface area contributed by atoms with Crippen molar-refractivity contribution in [1.82, 2.24) is 19.9 Å². The fourth-order valence-corrected chi connectivity index (χ4v) is 3.16. The molecule has 28 heavy (non-hydrogen) atoms. The van der Waals surface area contributed by atoms with E-state index in [1.807, 2.05) is 24.3 Å². The van der Waals surface area contributed by atoms with Gasteiger partial charge in [0.15, 0.2) is 0 Å². The second-order valence-electron chi connectivity index (χ2n) is 6.47. The van der Waals surface area contributed by atoms with Gasteiger partial charge < -0.3 is 9.88 Å². The fourth-order valence-electron chi connectivity index (χ4n) is 3.16. The quantitative estimate of drug-likeness (QED) is 0.561. The highest BCUT2D eigenvalue weighted by molar-refractivity contribution is 5.93. The predicted molar refractivity (Wildman–Crippen MR) is 106 cm³/mol. The first kappa shape index (κ1) is 17.9. The average molecular weight is 374 g/mol. The molecule has 1 amide bonds. The van der Waals surface area contributed by atoms with Crippen molar-refractivity contribution in [1.29, 1.82) is 0 Å². The molecule has 2 heterocycles. The summed E-state index contributed by atoms with van der Waals surface area (Å²) in [5, 5.41) is 2.92. The first-order chi connectivity index (χ1) is 13.7. The summed E-state index contributed by atoms with van der Waals surface area (Å²) in [6.07, 6.45) is 3.78. The number of pyridine rings is 1. The van der Waals surface area contributed by atoms with Crippen LogP contribution in [0.1, 0.15) is 21.7 Å². The summed E-state index contributed by atoms with van der Waals surface area (Å²) in [5.41, 5.74) is 3.49. The molecule has 2 aromatic heterocycles. The van der Waals surface area contributed by atoms with Gasteiger partial charge in [0.05, 0.1) is 11.0 Å². The molecule has 4 rings (SSSR count). The van der Waals surface area contributed by atoms with Crippen molar-refractivity contribution >= 4 is 16.9 Å². The zero-order chi connectivity index (χ0) is 19.3. The number of hydrogen-bond acceptors (Lipinski definition) is 3. The Balaban J connectivity index is 1.53. The lowest BCUT2D eigenvalue weighted by molar-refractivity contribution is 0.0954. The van der Waals surface area contributed by atoms with E-state index in [9.17, 15) is 9.18 Å². The molecule has 0 aliphatic rings. The molecular weight excluding hydrogens is 355 g/mol. The number of carbonyl (C=O) groups excluding carboxylic acids is 1. The van der Waals surface area contributed by atoms with Crippen molar-refractivity contribution in [3.05, 3.63) is 95.8 Å². The van der Waals surface area contributed by atoms with Crippen molar-refractivity contribution in [2.45, 2.75) is 13.0 Å². The molecule has 140 valence electrons. The van der Waals surface area contributed by atoms with E-state index in [0.717, 1.165) is 22.4 Å². The molecule has 0 saturated carbocycles. The largest absolute Gasteiger partial charge is 0.352 e. The van der Waals surface area contributed by atoms with Crippen LogP contribution >= 0.6 is 0 Å². The molecule has 0 fully saturated rings. The van der Waals surface area contributed by atoms with E-state index in [2.05, 4.69) is 14.9 Å². The van der Waals surface area contributed by atoms with E-state index < -0.39 is 0 Å². The lowest BCUT2D eigenvalue weighted by atomic mass is 10.2. The number of nitrogens with zero attached hydrogens (tertiary/aromatic N) is 3. The molecule has 1 N–H and O–H groups in total. The smallest absolute Gasteiger partial charge is 0.251 e. The molecule has 0 aliphatic heterocycles. The summed E-state index contributed by atoms with van der Waals surface area (Å²) < 4.78 is 15.3. The number of hydrogen-bond donors (Lipinski definition) is 1. The van der Waals surface area contributed by atoms with Crippen LogP contribution in [0, 0.1) is 5.82 Å². The van der Waals surface area contributed by atoms with Crippen LogP contribution in [0.25, 0.3) is 11.0 Å². The molecule has 5 nitrogen and oxygen atoms in total. The first-order valence-electron chi connectivity index (χ1n) is 9.07. The summed E-state index contributed by atoms with van der Waals surface area (Å²) in [6, 6.07) is 17.7. The fraction of sp³-hybridized carbons (Fsp3) is 0.136. The van der Waals surface area contributed by atoms with Crippen LogP contribution in [0.5, 0.6) is 0 Å². The zero-order valence-corrected chi connectivity index (χ0v) is 15.2. The van der Waals surface area contributed by atoms with Crippen molar-refractivity contribution in [3.63, 3.8) is 0 Å². The third-order valence-corrected chi connectivity index (χ3v) is 4.56. The van der Waals surface area contributed by atoms with Crippen molar-refractivity contribution in [2.24, 2.45) is 0 Å². The van der Waals surface area contributed by atoms with Gasteiger partial charge in [-0.3, -0.25) is 9.78 Å². The Kier molecular flexibility index (Phi) is 5.10. The minimum Gasteiger partial charge on any atom is -0.352 e. The summed E-state index contributed by atoms with van der Waals surface area (Å²) >= 11 is 0.